The van der Waals surface area contributed by atoms with Crippen LogP contribution in [0.5, 0.6) is 0 Å². The molecule has 0 aliphatic rings. The molecule has 2 rings (SSSR count). The molecule has 0 radical (unpaired) electrons. The molecule has 0 unspecified atom stereocenters. The van der Waals surface area contributed by atoms with Crippen molar-refractivity contribution in [1.82, 2.24) is 9.88 Å². The van der Waals surface area contributed by atoms with Crippen molar-refractivity contribution in [2.75, 3.05) is 6.54 Å². The molecular formula is C17H20N2O2. The van der Waals surface area contributed by atoms with Crippen LogP contribution in [0.2, 0.25) is 0 Å². The van der Waals surface area contributed by atoms with Crippen LogP contribution >= 0.6 is 0 Å². The summed E-state index contributed by atoms with van der Waals surface area (Å²) < 4.78 is 1.48. The van der Waals surface area contributed by atoms with Gasteiger partial charge in [0.2, 0.25) is 0 Å². The summed E-state index contributed by atoms with van der Waals surface area (Å²) in [5.74, 6) is -0.122. The first kappa shape index (κ1) is 15.0. The molecule has 1 N–H and O–H groups in total. The van der Waals surface area contributed by atoms with Gasteiger partial charge in [-0.25, -0.2) is 0 Å². The summed E-state index contributed by atoms with van der Waals surface area (Å²) in [5, 5.41) is 2.83. The monoisotopic (exact) mass is 284 g/mol. The lowest BCUT2D eigenvalue weighted by Crippen LogP contribution is -2.34. The highest BCUT2D eigenvalue weighted by atomic mass is 16.2. The molecule has 4 nitrogen and oxygen atoms in total. The lowest BCUT2D eigenvalue weighted by atomic mass is 10.0. The molecule has 1 heterocycles. The predicted octanol–water partition coefficient (Wildman–Crippen LogP) is 2.23. The highest BCUT2D eigenvalue weighted by molar-refractivity contribution is 5.93. The van der Waals surface area contributed by atoms with Crippen molar-refractivity contribution in [2.24, 2.45) is 7.05 Å². The van der Waals surface area contributed by atoms with Crippen LogP contribution in [0.15, 0.2) is 47.3 Å². The van der Waals surface area contributed by atoms with E-state index < -0.39 is 0 Å². The minimum absolute atomic E-state index is 0.184. The van der Waals surface area contributed by atoms with Crippen LogP contribution < -0.4 is 10.9 Å². The van der Waals surface area contributed by atoms with Crippen molar-refractivity contribution in [3.8, 4) is 0 Å². The maximum atomic E-state index is 12.1. The van der Waals surface area contributed by atoms with E-state index in [-0.39, 0.29) is 22.9 Å². The quantitative estimate of drug-likeness (QED) is 0.936. The van der Waals surface area contributed by atoms with Crippen molar-refractivity contribution in [3.05, 3.63) is 69.6 Å². The van der Waals surface area contributed by atoms with Crippen LogP contribution in [0.25, 0.3) is 0 Å². The number of carbonyl (C=O) groups excluding carboxylic acids is 1. The van der Waals surface area contributed by atoms with Crippen LogP contribution in [0.3, 0.4) is 0 Å². The first-order chi connectivity index (χ1) is 10.0. The summed E-state index contributed by atoms with van der Waals surface area (Å²) in [6.07, 6.45) is 0. The second-order valence-electron chi connectivity index (χ2n) is 5.27. The minimum Gasteiger partial charge on any atom is -0.351 e. The molecule has 2 aromatic rings. The van der Waals surface area contributed by atoms with Gasteiger partial charge in [0.15, 0.2) is 0 Å². The highest BCUT2D eigenvalue weighted by Gasteiger charge is 2.13. The number of aryl methyl sites for hydroxylation is 1. The normalized spacial score (nSPS) is 12.0. The molecule has 1 aromatic carbocycles. The zero-order valence-electron chi connectivity index (χ0n) is 12.6. The molecule has 1 amide bonds. The minimum atomic E-state index is -0.321. The van der Waals surface area contributed by atoms with Crippen LogP contribution in [0.1, 0.15) is 34.5 Å². The van der Waals surface area contributed by atoms with E-state index in [0.717, 1.165) is 11.3 Å². The molecular weight excluding hydrogens is 264 g/mol. The summed E-state index contributed by atoms with van der Waals surface area (Å²) in [5.41, 5.74) is 1.91. The molecule has 0 aliphatic carbocycles. The first-order valence-corrected chi connectivity index (χ1v) is 7.00. The average Bonchev–Trinajstić information content (AvgIpc) is 2.51. The van der Waals surface area contributed by atoms with Crippen molar-refractivity contribution in [3.63, 3.8) is 0 Å². The van der Waals surface area contributed by atoms with Gasteiger partial charge in [-0.05, 0) is 30.5 Å². The standard InChI is InChI=1S/C17H20N2O2/c1-12(14-7-5-4-6-8-14)11-18-16(20)15-10-9-13(2)19(3)17(15)21/h4-10,12H,11H2,1-3H3,(H,18,20)/t12-/m0/s1. The lowest BCUT2D eigenvalue weighted by molar-refractivity contribution is 0.0949. The molecule has 0 spiro atoms. The number of nitrogens with zero attached hydrogens (tertiary/aromatic N) is 1. The Morgan fingerprint density at radius 1 is 1.19 bits per heavy atom. The summed E-state index contributed by atoms with van der Waals surface area (Å²) in [7, 11) is 1.67. The molecule has 110 valence electrons. The number of hydrogen-bond donors (Lipinski definition) is 1. The third-order valence-corrected chi connectivity index (χ3v) is 3.74. The second kappa shape index (κ2) is 6.39. The number of carbonyl (C=O) groups is 1. The summed E-state index contributed by atoms with van der Waals surface area (Å²) in [4.78, 5) is 24.2. The Labute approximate surface area is 124 Å². The maximum absolute atomic E-state index is 12.1. The number of benzene rings is 1. The molecule has 4 heteroatoms. The summed E-state index contributed by atoms with van der Waals surface area (Å²) in [6.45, 7) is 4.38. The van der Waals surface area contributed by atoms with E-state index in [1.807, 2.05) is 44.2 Å². The Morgan fingerprint density at radius 3 is 2.52 bits per heavy atom. The topological polar surface area (TPSA) is 51.1 Å². The third kappa shape index (κ3) is 3.40. The van der Waals surface area contributed by atoms with Crippen LogP contribution in [-0.4, -0.2) is 17.0 Å². The number of nitrogens with one attached hydrogen (secondary N) is 1. The van der Waals surface area contributed by atoms with Crippen molar-refractivity contribution in [2.45, 2.75) is 19.8 Å². The molecule has 0 saturated heterocycles. The Bertz CT molecular complexity index is 690. The Morgan fingerprint density at radius 2 is 1.86 bits per heavy atom. The summed E-state index contributed by atoms with van der Waals surface area (Å²) in [6, 6.07) is 13.3. The van der Waals surface area contributed by atoms with E-state index in [0.29, 0.717) is 6.54 Å². The van der Waals surface area contributed by atoms with Gasteiger partial charge >= 0.3 is 0 Å². The van der Waals surface area contributed by atoms with Gasteiger partial charge in [0, 0.05) is 19.3 Å². The largest absolute Gasteiger partial charge is 0.351 e. The van der Waals surface area contributed by atoms with Crippen molar-refractivity contribution in [1.29, 1.82) is 0 Å². The number of aromatic nitrogens is 1. The SMILES string of the molecule is Cc1ccc(C(=O)NC[C@H](C)c2ccccc2)c(=O)n1C. The van der Waals surface area contributed by atoms with Gasteiger partial charge < -0.3 is 9.88 Å². The van der Waals surface area contributed by atoms with Gasteiger partial charge in [-0.15, -0.1) is 0 Å². The van der Waals surface area contributed by atoms with E-state index in [1.54, 1.807) is 19.2 Å². The fraction of sp³-hybridized carbons (Fsp3) is 0.294. The zero-order chi connectivity index (χ0) is 15.4. The van der Waals surface area contributed by atoms with Gasteiger partial charge in [0.25, 0.3) is 11.5 Å². The van der Waals surface area contributed by atoms with Gasteiger partial charge in [0.1, 0.15) is 5.56 Å². The maximum Gasteiger partial charge on any atom is 0.263 e. The van der Waals surface area contributed by atoms with Gasteiger partial charge in [-0.1, -0.05) is 37.3 Å². The smallest absolute Gasteiger partial charge is 0.263 e. The van der Waals surface area contributed by atoms with E-state index in [1.165, 1.54) is 4.57 Å². The van der Waals surface area contributed by atoms with Crippen molar-refractivity contribution < 1.29 is 4.79 Å². The Hall–Kier alpha value is -2.36. The lowest BCUT2D eigenvalue weighted by Gasteiger charge is -2.13. The number of amides is 1. The van der Waals surface area contributed by atoms with Crippen LogP contribution in [-0.2, 0) is 7.05 Å². The fourth-order valence-corrected chi connectivity index (χ4v) is 2.14. The third-order valence-electron chi connectivity index (χ3n) is 3.74. The molecule has 1 aromatic heterocycles. The number of hydrogen-bond acceptors (Lipinski definition) is 2. The van der Waals surface area contributed by atoms with Crippen molar-refractivity contribution >= 4 is 5.91 Å². The summed E-state index contributed by atoms with van der Waals surface area (Å²) >= 11 is 0. The second-order valence-corrected chi connectivity index (χ2v) is 5.27. The molecule has 21 heavy (non-hydrogen) atoms. The van der Waals surface area contributed by atoms with E-state index in [4.69, 9.17) is 0 Å². The van der Waals surface area contributed by atoms with Gasteiger partial charge in [-0.2, -0.15) is 0 Å². The van der Waals surface area contributed by atoms with Crippen LogP contribution in [0, 0.1) is 6.92 Å². The molecule has 1 atom stereocenters. The fourth-order valence-electron chi connectivity index (χ4n) is 2.14. The average molecular weight is 284 g/mol. The van der Waals surface area contributed by atoms with Gasteiger partial charge in [-0.3, -0.25) is 9.59 Å². The molecule has 0 saturated carbocycles. The number of pyridine rings is 1. The van der Waals surface area contributed by atoms with Gasteiger partial charge in [0.05, 0.1) is 0 Å². The van der Waals surface area contributed by atoms with E-state index in [9.17, 15) is 9.59 Å². The Balaban J connectivity index is 2.06. The Kier molecular flexibility index (Phi) is 4.58. The van der Waals surface area contributed by atoms with E-state index in [2.05, 4.69) is 5.32 Å². The number of rotatable bonds is 4. The predicted molar refractivity (Wildman–Crippen MR) is 83.6 cm³/mol. The highest BCUT2D eigenvalue weighted by Crippen LogP contribution is 2.13. The molecule has 0 bridgehead atoms. The van der Waals surface area contributed by atoms with Crippen LogP contribution in [0.4, 0.5) is 0 Å². The molecule has 0 fully saturated rings. The zero-order valence-corrected chi connectivity index (χ0v) is 12.6. The van der Waals surface area contributed by atoms with E-state index >= 15 is 0 Å². The first-order valence-electron chi connectivity index (χ1n) is 7.00. The molecule has 0 aliphatic heterocycles.